The van der Waals surface area contributed by atoms with Crippen molar-refractivity contribution in [1.82, 2.24) is 4.90 Å². The van der Waals surface area contributed by atoms with E-state index in [1.54, 1.807) is 0 Å². The van der Waals surface area contributed by atoms with E-state index in [-0.39, 0.29) is 18.3 Å². The summed E-state index contributed by atoms with van der Waals surface area (Å²) in [5, 5.41) is 0. The molecule has 5 heteroatoms. The Labute approximate surface area is 108 Å². The highest BCUT2D eigenvalue weighted by Gasteiger charge is 2.40. The molecule has 2 aliphatic rings. The average molecular weight is 265 g/mol. The van der Waals surface area contributed by atoms with Gasteiger partial charge in [-0.2, -0.15) is 11.8 Å². The molecule has 0 spiro atoms. The summed E-state index contributed by atoms with van der Waals surface area (Å²) in [4.78, 5) is 14.2. The molecule has 1 atom stereocenters. The van der Waals surface area contributed by atoms with Gasteiger partial charge in [-0.3, -0.25) is 4.79 Å². The van der Waals surface area contributed by atoms with Gasteiger partial charge < -0.3 is 10.6 Å². The molecule has 0 aromatic heterocycles. The standard InChI is InChI=1S/C11H20N2OS.ClH/c1-13(9-4-7-15-8-9)10(14)11(12)5-2-3-6-11;/h9H,2-8,12H2,1H3;1H. The molecule has 0 radical (unpaired) electrons. The summed E-state index contributed by atoms with van der Waals surface area (Å²) in [6, 6.07) is 0.420. The lowest BCUT2D eigenvalue weighted by molar-refractivity contribution is -0.137. The number of hydrogen-bond donors (Lipinski definition) is 1. The molecule has 1 aliphatic carbocycles. The Morgan fingerprint density at radius 2 is 2.06 bits per heavy atom. The third-order valence-corrected chi connectivity index (χ3v) is 4.84. The van der Waals surface area contributed by atoms with Gasteiger partial charge in [0.15, 0.2) is 0 Å². The molecule has 1 saturated heterocycles. The Kier molecular flexibility index (Phi) is 4.95. The zero-order chi connectivity index (χ0) is 10.9. The van der Waals surface area contributed by atoms with Crippen LogP contribution in [0.1, 0.15) is 32.1 Å². The fraction of sp³-hybridized carbons (Fsp3) is 0.909. The maximum Gasteiger partial charge on any atom is 0.242 e. The van der Waals surface area contributed by atoms with E-state index in [0.717, 1.165) is 37.9 Å². The molecule has 1 amide bonds. The summed E-state index contributed by atoms with van der Waals surface area (Å²) in [7, 11) is 1.92. The Morgan fingerprint density at radius 3 is 2.56 bits per heavy atom. The molecule has 0 bridgehead atoms. The van der Waals surface area contributed by atoms with Crippen LogP contribution in [0, 0.1) is 0 Å². The summed E-state index contributed by atoms with van der Waals surface area (Å²) < 4.78 is 0. The number of carbonyl (C=O) groups excluding carboxylic acids is 1. The van der Waals surface area contributed by atoms with Crippen molar-refractivity contribution in [3.63, 3.8) is 0 Å². The van der Waals surface area contributed by atoms with E-state index in [1.165, 1.54) is 5.75 Å². The molecule has 3 nitrogen and oxygen atoms in total. The Morgan fingerprint density at radius 1 is 1.44 bits per heavy atom. The van der Waals surface area contributed by atoms with Crippen LogP contribution in [0.4, 0.5) is 0 Å². The van der Waals surface area contributed by atoms with Crippen LogP contribution >= 0.6 is 24.2 Å². The van der Waals surface area contributed by atoms with E-state index >= 15 is 0 Å². The summed E-state index contributed by atoms with van der Waals surface area (Å²) in [6.07, 6.45) is 5.08. The highest BCUT2D eigenvalue weighted by Crippen LogP contribution is 2.31. The van der Waals surface area contributed by atoms with Gasteiger partial charge in [0.25, 0.3) is 0 Å². The zero-order valence-corrected chi connectivity index (χ0v) is 11.4. The number of nitrogens with zero attached hydrogens (tertiary/aromatic N) is 1. The molecule has 1 unspecified atom stereocenters. The SMILES string of the molecule is CN(C(=O)C1(N)CCCC1)C1CCSC1.Cl. The Hall–Kier alpha value is 0.0700. The minimum atomic E-state index is -0.540. The van der Waals surface area contributed by atoms with Crippen molar-refractivity contribution in [1.29, 1.82) is 0 Å². The van der Waals surface area contributed by atoms with Gasteiger partial charge in [-0.05, 0) is 25.0 Å². The van der Waals surface area contributed by atoms with Crippen LogP contribution in [0.2, 0.25) is 0 Å². The first-order valence-electron chi connectivity index (χ1n) is 5.77. The fourth-order valence-corrected chi connectivity index (χ4v) is 3.83. The summed E-state index contributed by atoms with van der Waals surface area (Å²) in [5.41, 5.74) is 5.63. The van der Waals surface area contributed by atoms with Crippen LogP contribution in [0.25, 0.3) is 0 Å². The molecule has 1 aliphatic heterocycles. The molecular weight excluding hydrogens is 244 g/mol. The second-order valence-electron chi connectivity index (χ2n) is 4.80. The number of rotatable bonds is 2. The van der Waals surface area contributed by atoms with Gasteiger partial charge in [-0.15, -0.1) is 12.4 Å². The van der Waals surface area contributed by atoms with Crippen LogP contribution in [-0.2, 0) is 4.79 Å². The Bertz CT molecular complexity index is 250. The minimum Gasteiger partial charge on any atom is -0.340 e. The van der Waals surface area contributed by atoms with E-state index in [4.69, 9.17) is 5.73 Å². The predicted octanol–water partition coefficient (Wildman–Crippen LogP) is 1.64. The molecular formula is C11H21ClN2OS. The molecule has 1 saturated carbocycles. The first kappa shape index (κ1) is 14.1. The van der Waals surface area contributed by atoms with Gasteiger partial charge in [-0.1, -0.05) is 12.8 Å². The maximum atomic E-state index is 12.2. The third kappa shape index (κ3) is 2.66. The normalized spacial score (nSPS) is 27.5. The lowest BCUT2D eigenvalue weighted by Gasteiger charge is -2.32. The Balaban J connectivity index is 0.00000128. The van der Waals surface area contributed by atoms with E-state index in [0.29, 0.717) is 6.04 Å². The lowest BCUT2D eigenvalue weighted by Crippen LogP contribution is -2.55. The first-order chi connectivity index (χ1) is 7.13. The average Bonchev–Trinajstić information content (AvgIpc) is 2.86. The van der Waals surface area contributed by atoms with Crippen LogP contribution < -0.4 is 5.73 Å². The molecule has 94 valence electrons. The van der Waals surface area contributed by atoms with Gasteiger partial charge in [0.05, 0.1) is 5.54 Å². The molecule has 1 heterocycles. The van der Waals surface area contributed by atoms with Crippen LogP contribution in [-0.4, -0.2) is 40.9 Å². The van der Waals surface area contributed by atoms with Gasteiger partial charge >= 0.3 is 0 Å². The predicted molar refractivity (Wildman–Crippen MR) is 71.1 cm³/mol. The maximum absolute atomic E-state index is 12.2. The summed E-state index contributed by atoms with van der Waals surface area (Å²) >= 11 is 1.93. The van der Waals surface area contributed by atoms with Crippen molar-refractivity contribution >= 4 is 30.1 Å². The third-order valence-electron chi connectivity index (χ3n) is 3.70. The lowest BCUT2D eigenvalue weighted by atomic mass is 9.96. The van der Waals surface area contributed by atoms with Crippen LogP contribution in [0.5, 0.6) is 0 Å². The van der Waals surface area contributed by atoms with Crippen LogP contribution in [0.3, 0.4) is 0 Å². The second-order valence-corrected chi connectivity index (χ2v) is 5.95. The summed E-state index contributed by atoms with van der Waals surface area (Å²) in [6.45, 7) is 0. The number of amides is 1. The minimum absolute atomic E-state index is 0. The molecule has 2 N–H and O–H groups in total. The number of hydrogen-bond acceptors (Lipinski definition) is 3. The van der Waals surface area contributed by atoms with Gasteiger partial charge in [0.2, 0.25) is 5.91 Å². The molecule has 16 heavy (non-hydrogen) atoms. The molecule has 0 aromatic rings. The zero-order valence-electron chi connectivity index (χ0n) is 9.78. The van der Waals surface area contributed by atoms with Crippen molar-refractivity contribution in [2.24, 2.45) is 5.73 Å². The highest BCUT2D eigenvalue weighted by molar-refractivity contribution is 7.99. The number of thioether (sulfide) groups is 1. The second kappa shape index (κ2) is 5.61. The van der Waals surface area contributed by atoms with Crippen molar-refractivity contribution in [3.8, 4) is 0 Å². The molecule has 2 fully saturated rings. The van der Waals surface area contributed by atoms with Crippen LogP contribution in [0.15, 0.2) is 0 Å². The van der Waals surface area contributed by atoms with Gasteiger partial charge in [0, 0.05) is 18.8 Å². The smallest absolute Gasteiger partial charge is 0.242 e. The summed E-state index contributed by atoms with van der Waals surface area (Å²) in [5.74, 6) is 2.44. The number of halogens is 1. The van der Waals surface area contributed by atoms with E-state index < -0.39 is 5.54 Å². The molecule has 0 aromatic carbocycles. The highest BCUT2D eigenvalue weighted by atomic mass is 35.5. The topological polar surface area (TPSA) is 46.3 Å². The fourth-order valence-electron chi connectivity index (χ4n) is 2.56. The van der Waals surface area contributed by atoms with Gasteiger partial charge in [-0.25, -0.2) is 0 Å². The van der Waals surface area contributed by atoms with Crippen molar-refractivity contribution in [3.05, 3.63) is 0 Å². The van der Waals surface area contributed by atoms with E-state index in [2.05, 4.69) is 0 Å². The first-order valence-corrected chi connectivity index (χ1v) is 6.93. The van der Waals surface area contributed by atoms with Crippen molar-refractivity contribution < 1.29 is 4.79 Å². The van der Waals surface area contributed by atoms with Crippen molar-refractivity contribution in [2.75, 3.05) is 18.6 Å². The molecule has 2 rings (SSSR count). The monoisotopic (exact) mass is 264 g/mol. The number of nitrogens with two attached hydrogens (primary N) is 1. The van der Waals surface area contributed by atoms with Crippen molar-refractivity contribution in [2.45, 2.75) is 43.7 Å². The number of likely N-dealkylation sites (N-methyl/N-ethyl adjacent to an activating group) is 1. The quantitative estimate of drug-likeness (QED) is 0.825. The largest absolute Gasteiger partial charge is 0.340 e. The van der Waals surface area contributed by atoms with Gasteiger partial charge in [0.1, 0.15) is 0 Å². The van der Waals surface area contributed by atoms with E-state index in [1.807, 2.05) is 23.7 Å². The number of carbonyl (C=O) groups is 1. The van der Waals surface area contributed by atoms with E-state index in [9.17, 15) is 4.79 Å².